The summed E-state index contributed by atoms with van der Waals surface area (Å²) in [4.78, 5) is 9.83. The highest BCUT2D eigenvalue weighted by atomic mass is 33.1. The summed E-state index contributed by atoms with van der Waals surface area (Å²) in [5, 5.41) is 0. The molecule has 3 rings (SSSR count). The Hall–Kier alpha value is -1.39. The number of aromatic nitrogens is 2. The van der Waals surface area contributed by atoms with Gasteiger partial charge in [0.1, 0.15) is 0 Å². The van der Waals surface area contributed by atoms with Crippen molar-refractivity contribution in [2.75, 3.05) is 0 Å². The van der Waals surface area contributed by atoms with Crippen LogP contribution >= 0.6 is 21.6 Å². The molecule has 1 heterocycles. The Balaban J connectivity index is 1.76. The Kier molecular flexibility index (Phi) is 3.07. The number of fused-ring (bicyclic) bond motifs is 1. The maximum atomic E-state index is 4.21. The Bertz CT molecular complexity index is 619. The highest BCUT2D eigenvalue weighted by Crippen LogP contribution is 2.37. The highest BCUT2D eigenvalue weighted by molar-refractivity contribution is 8.76. The van der Waals surface area contributed by atoms with Crippen LogP contribution < -0.4 is 0 Å². The maximum absolute atomic E-state index is 4.21. The molecular formula is C13H10N2S2. The van der Waals surface area contributed by atoms with Crippen molar-refractivity contribution in [1.82, 2.24) is 9.97 Å². The van der Waals surface area contributed by atoms with Gasteiger partial charge in [-0.25, -0.2) is 4.98 Å². The minimum absolute atomic E-state index is 1.01. The quantitative estimate of drug-likeness (QED) is 0.707. The maximum Gasteiger partial charge on any atom is 0.0931 e. The van der Waals surface area contributed by atoms with Gasteiger partial charge in [0.15, 0.2) is 0 Å². The van der Waals surface area contributed by atoms with Crippen molar-refractivity contribution in [3.63, 3.8) is 0 Å². The zero-order valence-electron chi connectivity index (χ0n) is 8.96. The second kappa shape index (κ2) is 4.85. The van der Waals surface area contributed by atoms with Gasteiger partial charge in [0.2, 0.25) is 0 Å². The minimum Gasteiger partial charge on any atom is -0.345 e. The molecule has 0 fully saturated rings. The summed E-state index contributed by atoms with van der Waals surface area (Å²) in [5.74, 6) is 0. The number of aromatic amines is 1. The molecule has 0 aliphatic carbocycles. The summed E-state index contributed by atoms with van der Waals surface area (Å²) in [7, 11) is 3.53. The van der Waals surface area contributed by atoms with Crippen LogP contribution in [-0.2, 0) is 0 Å². The summed E-state index contributed by atoms with van der Waals surface area (Å²) in [6.45, 7) is 0. The lowest BCUT2D eigenvalue weighted by atomic mass is 10.3. The number of imidazole rings is 1. The van der Waals surface area contributed by atoms with E-state index in [4.69, 9.17) is 0 Å². The van der Waals surface area contributed by atoms with Crippen molar-refractivity contribution in [2.24, 2.45) is 0 Å². The molecule has 0 aliphatic heterocycles. The van der Waals surface area contributed by atoms with E-state index < -0.39 is 0 Å². The molecule has 4 heteroatoms. The molecule has 0 amide bonds. The number of rotatable bonds is 3. The first kappa shape index (κ1) is 10.7. The Morgan fingerprint density at radius 3 is 2.59 bits per heavy atom. The summed E-state index contributed by atoms with van der Waals surface area (Å²) in [5.41, 5.74) is 2.10. The Morgan fingerprint density at radius 2 is 1.71 bits per heavy atom. The molecule has 17 heavy (non-hydrogen) atoms. The smallest absolute Gasteiger partial charge is 0.0931 e. The minimum atomic E-state index is 1.01. The normalized spacial score (nSPS) is 10.8. The van der Waals surface area contributed by atoms with Gasteiger partial charge in [0, 0.05) is 9.79 Å². The van der Waals surface area contributed by atoms with E-state index in [0.29, 0.717) is 0 Å². The molecule has 0 spiro atoms. The van der Waals surface area contributed by atoms with Gasteiger partial charge in [0.05, 0.1) is 17.4 Å². The Labute approximate surface area is 107 Å². The molecule has 1 N–H and O–H groups in total. The van der Waals surface area contributed by atoms with Crippen molar-refractivity contribution in [3.8, 4) is 0 Å². The first-order valence-electron chi connectivity index (χ1n) is 5.24. The Morgan fingerprint density at radius 1 is 0.882 bits per heavy atom. The van der Waals surface area contributed by atoms with Gasteiger partial charge >= 0.3 is 0 Å². The number of nitrogens with one attached hydrogen (secondary N) is 1. The molecule has 0 atom stereocenters. The SMILES string of the molecule is c1ccc(SSc2ccc3nc[nH]c3c2)cc1. The van der Waals surface area contributed by atoms with Gasteiger partial charge < -0.3 is 4.98 Å². The van der Waals surface area contributed by atoms with Crippen LogP contribution in [0.1, 0.15) is 0 Å². The van der Waals surface area contributed by atoms with Crippen molar-refractivity contribution in [2.45, 2.75) is 9.79 Å². The van der Waals surface area contributed by atoms with Crippen LogP contribution in [0.4, 0.5) is 0 Å². The first-order valence-corrected chi connectivity index (χ1v) is 7.39. The van der Waals surface area contributed by atoms with Crippen LogP contribution in [-0.4, -0.2) is 9.97 Å². The molecule has 0 saturated heterocycles. The molecule has 0 unspecified atom stereocenters. The molecule has 1 aromatic heterocycles. The lowest BCUT2D eigenvalue weighted by Gasteiger charge is -2.00. The van der Waals surface area contributed by atoms with Gasteiger partial charge in [-0.15, -0.1) is 0 Å². The van der Waals surface area contributed by atoms with E-state index >= 15 is 0 Å². The van der Waals surface area contributed by atoms with Gasteiger partial charge in [-0.05, 0) is 30.3 Å². The van der Waals surface area contributed by atoms with Crippen molar-refractivity contribution >= 4 is 32.6 Å². The van der Waals surface area contributed by atoms with E-state index in [1.54, 1.807) is 27.9 Å². The predicted molar refractivity (Wildman–Crippen MR) is 74.2 cm³/mol. The van der Waals surface area contributed by atoms with E-state index in [0.717, 1.165) is 11.0 Å². The first-order chi connectivity index (χ1) is 8.42. The zero-order valence-corrected chi connectivity index (χ0v) is 10.6. The predicted octanol–water partition coefficient (Wildman–Crippen LogP) is 4.36. The fourth-order valence-electron chi connectivity index (χ4n) is 1.54. The van der Waals surface area contributed by atoms with Crippen LogP contribution in [0.3, 0.4) is 0 Å². The summed E-state index contributed by atoms with van der Waals surface area (Å²) >= 11 is 0. The van der Waals surface area contributed by atoms with Crippen molar-refractivity contribution < 1.29 is 0 Å². The van der Waals surface area contributed by atoms with E-state index in [9.17, 15) is 0 Å². The summed E-state index contributed by atoms with van der Waals surface area (Å²) < 4.78 is 0. The number of hydrogen-bond donors (Lipinski definition) is 1. The molecule has 0 aliphatic rings. The van der Waals surface area contributed by atoms with Gasteiger partial charge in [-0.3, -0.25) is 0 Å². The average Bonchev–Trinajstić information content (AvgIpc) is 2.85. The summed E-state index contributed by atoms with van der Waals surface area (Å²) in [6, 6.07) is 16.7. The molecule has 0 radical (unpaired) electrons. The molecule has 2 nitrogen and oxygen atoms in total. The van der Waals surface area contributed by atoms with E-state index in [2.05, 4.69) is 46.4 Å². The lowest BCUT2D eigenvalue weighted by molar-refractivity contribution is 1.34. The third-order valence-corrected chi connectivity index (χ3v) is 4.77. The van der Waals surface area contributed by atoms with Crippen LogP contribution in [0.2, 0.25) is 0 Å². The number of hydrogen-bond acceptors (Lipinski definition) is 3. The summed E-state index contributed by atoms with van der Waals surface area (Å²) in [6.07, 6.45) is 1.73. The largest absolute Gasteiger partial charge is 0.345 e. The number of nitrogens with zero attached hydrogens (tertiary/aromatic N) is 1. The van der Waals surface area contributed by atoms with E-state index in [1.165, 1.54) is 9.79 Å². The highest BCUT2D eigenvalue weighted by Gasteiger charge is 2.00. The molecule has 84 valence electrons. The van der Waals surface area contributed by atoms with E-state index in [-0.39, 0.29) is 0 Å². The number of H-pyrrole nitrogens is 1. The molecule has 0 bridgehead atoms. The van der Waals surface area contributed by atoms with Crippen LogP contribution in [0.5, 0.6) is 0 Å². The van der Waals surface area contributed by atoms with Gasteiger partial charge in [-0.2, -0.15) is 0 Å². The fraction of sp³-hybridized carbons (Fsp3) is 0. The second-order valence-electron chi connectivity index (χ2n) is 3.56. The lowest BCUT2D eigenvalue weighted by Crippen LogP contribution is -1.72. The van der Waals surface area contributed by atoms with Crippen molar-refractivity contribution in [1.29, 1.82) is 0 Å². The molecular weight excluding hydrogens is 248 g/mol. The standard InChI is InChI=1S/C13H10N2S2/c1-2-4-10(5-3-1)16-17-11-6-7-12-13(8-11)15-9-14-12/h1-9H,(H,14,15). The molecule has 2 aromatic carbocycles. The topological polar surface area (TPSA) is 28.7 Å². The van der Waals surface area contributed by atoms with Gasteiger partial charge in [0.25, 0.3) is 0 Å². The molecule has 0 saturated carbocycles. The monoisotopic (exact) mass is 258 g/mol. The van der Waals surface area contributed by atoms with E-state index in [1.807, 2.05) is 12.1 Å². The van der Waals surface area contributed by atoms with Gasteiger partial charge in [-0.1, -0.05) is 39.8 Å². The van der Waals surface area contributed by atoms with Crippen LogP contribution in [0.15, 0.2) is 64.6 Å². The molecule has 3 aromatic rings. The van der Waals surface area contributed by atoms with Crippen molar-refractivity contribution in [3.05, 3.63) is 54.9 Å². The third kappa shape index (κ3) is 2.48. The van der Waals surface area contributed by atoms with Crippen LogP contribution in [0, 0.1) is 0 Å². The zero-order chi connectivity index (χ0) is 11.5. The van der Waals surface area contributed by atoms with Crippen LogP contribution in [0.25, 0.3) is 11.0 Å². The fourth-order valence-corrected chi connectivity index (χ4v) is 3.51. The average molecular weight is 258 g/mol. The second-order valence-corrected chi connectivity index (χ2v) is 5.84. The third-order valence-electron chi connectivity index (χ3n) is 2.37. The number of benzene rings is 2.